The van der Waals surface area contributed by atoms with E-state index in [-0.39, 0.29) is 0 Å². The van der Waals surface area contributed by atoms with Crippen molar-refractivity contribution in [2.24, 2.45) is 11.8 Å². The van der Waals surface area contributed by atoms with Gasteiger partial charge in [-0.1, -0.05) is 13.8 Å². The second-order valence-corrected chi connectivity index (χ2v) is 36.6. The quantitative estimate of drug-likeness (QED) is 0.269. The van der Waals surface area contributed by atoms with Gasteiger partial charge in [0.05, 0.1) is 0 Å². The number of likely N-dealkylation sites (tertiary alicyclic amines) is 4. The third-order valence-corrected chi connectivity index (χ3v) is 24.8. The summed E-state index contributed by atoms with van der Waals surface area (Å²) >= 11 is 0. The topological polar surface area (TPSA) is 38.9 Å². The minimum absolute atomic E-state index is 0.363. The van der Waals surface area contributed by atoms with Crippen molar-refractivity contribution in [3.8, 4) is 0 Å². The molecule has 0 amide bonds. The van der Waals surface area contributed by atoms with E-state index in [1.165, 1.54) is 155 Å². The Balaban J connectivity index is 0.000000130. The summed E-state index contributed by atoms with van der Waals surface area (Å²) in [6.45, 7) is 64.3. The predicted octanol–water partition coefficient (Wildman–Crippen LogP) is 12.0. The molecule has 0 radical (unpaired) electrons. The molecule has 0 aromatic heterocycles. The van der Waals surface area contributed by atoms with Gasteiger partial charge in [-0.25, -0.2) is 0 Å². The SMILES string of the molecule is CC(C)N1CC2CC(C1)N2C(C)C.CC1CC2CCC(C1)N2C(C)C.CC1CC2CCC1N2C(C)C.CN1C2CC1CN(C(C)(C)C)C2.CN1C2CCC1CN(C(C)(C)C)C2.CN1CC2CC1CN2C(C)(C)C.CN1CC2CCC(C1)N2C(C)(C)C. The third-order valence-electron chi connectivity index (χ3n) is 24.8. The second-order valence-electron chi connectivity index (χ2n) is 36.6. The first-order chi connectivity index (χ1) is 39.9. The summed E-state index contributed by atoms with van der Waals surface area (Å²) in [6.07, 6.45) is 20.1. The van der Waals surface area contributed by atoms with Crippen LogP contribution in [0, 0.1) is 11.8 Å². The molecule has 0 aromatic rings. The Bertz CT molecular complexity index is 2000. The van der Waals surface area contributed by atoms with Gasteiger partial charge in [0.1, 0.15) is 0 Å². The number of fused-ring (bicyclic) bond motifs is 14. The van der Waals surface area contributed by atoms with Crippen molar-refractivity contribution in [3.05, 3.63) is 0 Å². The highest BCUT2D eigenvalue weighted by atomic mass is 15.4. The Kier molecular flexibility index (Phi) is 23.8. The van der Waals surface area contributed by atoms with Crippen LogP contribution in [0.4, 0.5) is 0 Å². The Labute approximate surface area is 534 Å². The molecule has 16 heterocycles. The van der Waals surface area contributed by atoms with Crippen molar-refractivity contribution in [2.45, 2.75) is 373 Å². The van der Waals surface area contributed by atoms with E-state index >= 15 is 0 Å². The molecule has 0 saturated carbocycles. The maximum absolute atomic E-state index is 2.76. The molecule has 16 fully saturated rings. The lowest BCUT2D eigenvalue weighted by atomic mass is 9.85. The van der Waals surface area contributed by atoms with Crippen molar-refractivity contribution in [1.82, 2.24) is 58.8 Å². The number of rotatable bonds is 4. The van der Waals surface area contributed by atoms with Gasteiger partial charge in [0.25, 0.3) is 0 Å². The normalized spacial score (nSPS) is 38.7. The summed E-state index contributed by atoms with van der Waals surface area (Å²) in [6, 6.07) is 15.2. The number of hydrogen-bond acceptors (Lipinski definition) is 12. The summed E-state index contributed by atoms with van der Waals surface area (Å²) in [5, 5.41) is 0. The summed E-state index contributed by atoms with van der Waals surface area (Å²) in [7, 11) is 9.07. The molecule has 0 aromatic carbocycles. The van der Waals surface area contributed by atoms with E-state index < -0.39 is 0 Å². The largest absolute Gasteiger partial charge is 0.303 e. The molecular weight excluding hydrogens is 1060 g/mol. The van der Waals surface area contributed by atoms with Crippen LogP contribution in [0.5, 0.6) is 0 Å². The minimum Gasteiger partial charge on any atom is -0.303 e. The van der Waals surface area contributed by atoms with Gasteiger partial charge in [-0.3, -0.25) is 49.0 Å². The zero-order valence-corrected chi connectivity index (χ0v) is 61.9. The van der Waals surface area contributed by atoms with Gasteiger partial charge in [0, 0.05) is 196 Å². The first kappa shape index (κ1) is 71.4. The van der Waals surface area contributed by atoms with Crippen LogP contribution in [0.3, 0.4) is 0 Å². The molecule has 14 bridgehead atoms. The summed E-state index contributed by atoms with van der Waals surface area (Å²) < 4.78 is 0. The molecular formula is C74H146N12. The van der Waals surface area contributed by atoms with Crippen LogP contribution in [0.2, 0.25) is 0 Å². The number of hydrogen-bond donors (Lipinski definition) is 0. The Hall–Kier alpha value is -0.480. The molecule has 0 spiro atoms. The van der Waals surface area contributed by atoms with E-state index in [9.17, 15) is 0 Å². The van der Waals surface area contributed by atoms with Crippen LogP contribution >= 0.6 is 0 Å². The highest BCUT2D eigenvalue weighted by molar-refractivity contribution is 5.06. The van der Waals surface area contributed by atoms with Crippen LogP contribution < -0.4 is 0 Å². The maximum atomic E-state index is 2.76. The first-order valence-electron chi connectivity index (χ1n) is 36.8. The standard InChI is InChI=1S/3C11H22N2.C11H21N.2C10H20N2.C10H19N/c1-8(2)12-6-10-5-11(7-12)13(10)9(3)4;1-11(2,3)13-7-9-5-6-10(8-13)12(9)4;1-11(2,3)13-9-5-6-10(13)8-12(4)7-9;1-8(2)12-10-4-5-11(12)7-9(3)6-10;1-10(2,3)12-7-8-5-9(12)6-11(8)4;1-10(2,3)12-6-8-5-9(7-12)11(8)4;1-7(2)11-9-4-5-10(11)8(3)6-9/h8-11H,5-7H2,1-4H3;2*9-10H,5-8H2,1-4H3;8-11H,4-7H2,1-3H3;2*8-9H,5-7H2,1-4H3;7-10H,4-6H2,1-3H3. The number of likely N-dealkylation sites (N-methyl/N-ethyl adjacent to an activating group) is 4. The molecule has 16 saturated heterocycles. The van der Waals surface area contributed by atoms with Gasteiger partial charge in [-0.15, -0.1) is 0 Å². The van der Waals surface area contributed by atoms with Crippen molar-refractivity contribution in [2.75, 3.05) is 93.6 Å². The number of nitrogens with zero attached hydrogens (tertiary/aromatic N) is 12. The van der Waals surface area contributed by atoms with E-state index in [2.05, 4.69) is 239 Å². The van der Waals surface area contributed by atoms with Crippen LogP contribution in [0.1, 0.15) is 242 Å². The Morgan fingerprint density at radius 3 is 1.06 bits per heavy atom. The predicted molar refractivity (Wildman–Crippen MR) is 370 cm³/mol. The lowest BCUT2D eigenvalue weighted by Crippen LogP contribution is -2.71. The highest BCUT2D eigenvalue weighted by Crippen LogP contribution is 2.44. The van der Waals surface area contributed by atoms with Crippen molar-refractivity contribution in [3.63, 3.8) is 0 Å². The van der Waals surface area contributed by atoms with Crippen LogP contribution in [0.15, 0.2) is 0 Å². The monoisotopic (exact) mass is 1200 g/mol. The van der Waals surface area contributed by atoms with Gasteiger partial charge in [0.2, 0.25) is 0 Å². The highest BCUT2D eigenvalue weighted by Gasteiger charge is 2.50. The Morgan fingerprint density at radius 2 is 0.709 bits per heavy atom. The van der Waals surface area contributed by atoms with Crippen molar-refractivity contribution >= 4 is 0 Å². The molecule has 502 valence electrons. The molecule has 16 aliphatic heterocycles. The first-order valence-corrected chi connectivity index (χ1v) is 36.8. The molecule has 0 aliphatic carbocycles. The molecule has 12 nitrogen and oxygen atoms in total. The molecule has 16 rings (SSSR count). The van der Waals surface area contributed by atoms with Crippen LogP contribution in [0.25, 0.3) is 0 Å². The van der Waals surface area contributed by atoms with E-state index in [1.807, 2.05) is 0 Å². The lowest BCUT2D eigenvalue weighted by Gasteiger charge is -2.59. The molecule has 86 heavy (non-hydrogen) atoms. The van der Waals surface area contributed by atoms with E-state index in [0.29, 0.717) is 22.2 Å². The zero-order valence-electron chi connectivity index (χ0n) is 61.9. The molecule has 0 N–H and O–H groups in total. The fraction of sp³-hybridized carbons (Fsp3) is 1.00. The summed E-state index contributed by atoms with van der Waals surface area (Å²) in [5.74, 6) is 1.95. The minimum atomic E-state index is 0.363. The smallest absolute Gasteiger partial charge is 0.0244 e. The van der Waals surface area contributed by atoms with Gasteiger partial charge in [-0.2, -0.15) is 0 Å². The lowest BCUT2D eigenvalue weighted by molar-refractivity contribution is -0.0955. The van der Waals surface area contributed by atoms with Crippen LogP contribution in [-0.4, -0.2) is 283 Å². The fourth-order valence-corrected chi connectivity index (χ4v) is 20.3. The van der Waals surface area contributed by atoms with Crippen molar-refractivity contribution in [1.29, 1.82) is 0 Å². The van der Waals surface area contributed by atoms with E-state index in [0.717, 1.165) is 121 Å². The molecule has 15 atom stereocenters. The van der Waals surface area contributed by atoms with Gasteiger partial charge < -0.3 is 9.80 Å². The molecule has 12 heteroatoms. The average Bonchev–Trinajstić information content (AvgIpc) is 1.49. The number of piperazine rings is 5. The number of piperidine rings is 3. The fourth-order valence-electron chi connectivity index (χ4n) is 20.3. The molecule has 16 aliphatic rings. The van der Waals surface area contributed by atoms with Crippen molar-refractivity contribution < 1.29 is 0 Å². The van der Waals surface area contributed by atoms with Crippen LogP contribution in [-0.2, 0) is 0 Å². The summed E-state index contributed by atoms with van der Waals surface area (Å²) in [4.78, 5) is 31.6. The van der Waals surface area contributed by atoms with Gasteiger partial charge >= 0.3 is 0 Å². The van der Waals surface area contributed by atoms with E-state index in [1.54, 1.807) is 0 Å². The third kappa shape index (κ3) is 16.9. The summed E-state index contributed by atoms with van der Waals surface area (Å²) in [5.41, 5.74) is 1.48. The zero-order chi connectivity index (χ0) is 63.4. The Morgan fingerprint density at radius 1 is 0.314 bits per heavy atom. The van der Waals surface area contributed by atoms with Gasteiger partial charge in [-0.05, 0) is 268 Å². The second kappa shape index (κ2) is 28.6. The maximum Gasteiger partial charge on any atom is 0.0244 e. The average molecular weight is 1200 g/mol. The molecule has 15 unspecified atom stereocenters. The van der Waals surface area contributed by atoms with E-state index in [4.69, 9.17) is 0 Å². The van der Waals surface area contributed by atoms with Gasteiger partial charge in [0.15, 0.2) is 0 Å².